The fourth-order valence-corrected chi connectivity index (χ4v) is 2.38. The van der Waals surface area contributed by atoms with E-state index in [4.69, 9.17) is 6.42 Å². The van der Waals surface area contributed by atoms with E-state index in [2.05, 4.69) is 48.1 Å². The fourth-order valence-electron chi connectivity index (χ4n) is 2.38. The van der Waals surface area contributed by atoms with Crippen LogP contribution in [-0.4, -0.2) is 0 Å². The highest BCUT2D eigenvalue weighted by molar-refractivity contribution is 5.79. The van der Waals surface area contributed by atoms with Gasteiger partial charge in [-0.25, -0.2) is 0 Å². The Balaban J connectivity index is 2.21. The predicted molar refractivity (Wildman–Crippen MR) is 70.4 cm³/mol. The maximum atomic E-state index is 5.18. The van der Waals surface area contributed by atoms with Gasteiger partial charge in [-0.15, -0.1) is 6.42 Å². The van der Waals surface area contributed by atoms with Gasteiger partial charge in [-0.2, -0.15) is 0 Å². The lowest BCUT2D eigenvalue weighted by Gasteiger charge is -2.01. The molecule has 0 heterocycles. The highest BCUT2D eigenvalue weighted by Crippen LogP contribution is 2.37. The van der Waals surface area contributed by atoms with Gasteiger partial charge in [-0.05, 0) is 46.6 Å². The van der Waals surface area contributed by atoms with E-state index >= 15 is 0 Å². The molecule has 0 aromatic heterocycles. The Labute approximate surface area is 101 Å². The maximum absolute atomic E-state index is 5.18. The Bertz CT molecular complexity index is 688. The molecular formula is C17H10. The first kappa shape index (κ1) is 9.76. The van der Waals surface area contributed by atoms with Crippen LogP contribution in [0.3, 0.4) is 0 Å². The van der Waals surface area contributed by atoms with Crippen molar-refractivity contribution < 1.29 is 0 Å². The number of hydrogen-bond acceptors (Lipinski definition) is 0. The van der Waals surface area contributed by atoms with E-state index in [0.717, 1.165) is 12.0 Å². The first-order valence-electron chi connectivity index (χ1n) is 5.57. The molecule has 2 aromatic rings. The third-order valence-electron chi connectivity index (χ3n) is 3.12. The minimum Gasteiger partial charge on any atom is -0.106 e. The third-order valence-corrected chi connectivity index (χ3v) is 3.12. The largest absolute Gasteiger partial charge is 0.106 e. The van der Waals surface area contributed by atoms with Crippen molar-refractivity contribution in [1.29, 1.82) is 0 Å². The minimum absolute atomic E-state index is 0.959. The Morgan fingerprint density at radius 1 is 0.941 bits per heavy atom. The molecule has 1 aliphatic carbocycles. The second kappa shape index (κ2) is 3.85. The van der Waals surface area contributed by atoms with Crippen LogP contribution in [-0.2, 0) is 6.42 Å². The van der Waals surface area contributed by atoms with Gasteiger partial charge >= 0.3 is 0 Å². The predicted octanol–water partition coefficient (Wildman–Crippen LogP) is 3.24. The zero-order valence-electron chi connectivity index (χ0n) is 9.33. The van der Waals surface area contributed by atoms with Crippen LogP contribution < -0.4 is 0 Å². The summed E-state index contributed by atoms with van der Waals surface area (Å²) in [7, 11) is 0. The van der Waals surface area contributed by atoms with E-state index in [1.165, 1.54) is 22.3 Å². The average Bonchev–Trinajstić information content (AvgIpc) is 2.75. The van der Waals surface area contributed by atoms with Crippen molar-refractivity contribution in [2.24, 2.45) is 0 Å². The van der Waals surface area contributed by atoms with Gasteiger partial charge < -0.3 is 0 Å². The highest BCUT2D eigenvalue weighted by atomic mass is 14.2. The van der Waals surface area contributed by atoms with Crippen molar-refractivity contribution >= 4 is 0 Å². The number of rotatable bonds is 0. The molecule has 17 heavy (non-hydrogen) atoms. The summed E-state index contributed by atoms with van der Waals surface area (Å²) in [5.41, 5.74) is 6.35. The van der Waals surface area contributed by atoms with Crippen molar-refractivity contribution in [1.82, 2.24) is 0 Å². The molecule has 0 unspecified atom stereocenters. The number of benzene rings is 2. The van der Waals surface area contributed by atoms with Crippen molar-refractivity contribution in [3.63, 3.8) is 0 Å². The second-order valence-electron chi connectivity index (χ2n) is 4.06. The molecule has 0 saturated carbocycles. The van der Waals surface area contributed by atoms with Crippen molar-refractivity contribution in [3.8, 4) is 35.3 Å². The average molecular weight is 214 g/mol. The standard InChI is InChI=1S/C17H10/c1-2-3-7-13-9-6-11-16-15-10-5-4-8-14(15)12-17(13)16/h1,4-6,8-11H,12H2. The van der Waals surface area contributed by atoms with Gasteiger partial charge in [-0.1, -0.05) is 42.3 Å². The molecule has 0 radical (unpaired) electrons. The molecule has 1 aliphatic rings. The van der Waals surface area contributed by atoms with Crippen molar-refractivity contribution in [2.45, 2.75) is 6.42 Å². The molecule has 3 rings (SSSR count). The van der Waals surface area contributed by atoms with Crippen LogP contribution in [0.1, 0.15) is 16.7 Å². The second-order valence-corrected chi connectivity index (χ2v) is 4.06. The molecule has 0 atom stereocenters. The smallest absolute Gasteiger partial charge is 0.0297 e. The van der Waals surface area contributed by atoms with Crippen LogP contribution in [0.4, 0.5) is 0 Å². The lowest BCUT2D eigenvalue weighted by molar-refractivity contribution is 1.25. The first-order chi connectivity index (χ1) is 8.40. The van der Waals surface area contributed by atoms with Crippen LogP contribution in [0.25, 0.3) is 11.1 Å². The Morgan fingerprint density at radius 3 is 2.65 bits per heavy atom. The summed E-state index contributed by atoms with van der Waals surface area (Å²) in [5.74, 6) is 8.11. The molecule has 0 spiro atoms. The van der Waals surface area contributed by atoms with E-state index in [1.807, 2.05) is 12.1 Å². The number of fused-ring (bicyclic) bond motifs is 3. The Hall–Kier alpha value is -2.44. The van der Waals surface area contributed by atoms with Crippen molar-refractivity contribution in [2.75, 3.05) is 0 Å². The van der Waals surface area contributed by atoms with Crippen LogP contribution >= 0.6 is 0 Å². The van der Waals surface area contributed by atoms with Crippen LogP contribution in [0.5, 0.6) is 0 Å². The summed E-state index contributed by atoms with van der Waals surface area (Å²) < 4.78 is 0. The SMILES string of the molecule is C#CC#Cc1cccc2c1Cc1ccccc1-2. The zero-order valence-corrected chi connectivity index (χ0v) is 9.33. The summed E-state index contributed by atoms with van der Waals surface area (Å²) in [6.45, 7) is 0. The van der Waals surface area contributed by atoms with E-state index in [-0.39, 0.29) is 0 Å². The van der Waals surface area contributed by atoms with Crippen LogP contribution in [0.15, 0.2) is 42.5 Å². The van der Waals surface area contributed by atoms with Gasteiger partial charge in [0.2, 0.25) is 0 Å². The molecule has 0 aliphatic heterocycles. The van der Waals surface area contributed by atoms with E-state index in [0.29, 0.717) is 0 Å². The molecule has 0 nitrogen and oxygen atoms in total. The molecular weight excluding hydrogens is 204 g/mol. The number of hydrogen-bond donors (Lipinski definition) is 0. The van der Waals surface area contributed by atoms with Gasteiger partial charge in [0.25, 0.3) is 0 Å². The summed E-state index contributed by atoms with van der Waals surface area (Å²) in [4.78, 5) is 0. The summed E-state index contributed by atoms with van der Waals surface area (Å²) in [5, 5.41) is 0. The summed E-state index contributed by atoms with van der Waals surface area (Å²) in [6, 6.07) is 14.7. The zero-order chi connectivity index (χ0) is 11.7. The van der Waals surface area contributed by atoms with E-state index in [1.54, 1.807) is 0 Å². The van der Waals surface area contributed by atoms with Gasteiger partial charge in [0.1, 0.15) is 0 Å². The van der Waals surface area contributed by atoms with Crippen LogP contribution in [0, 0.1) is 24.2 Å². The molecule has 78 valence electrons. The topological polar surface area (TPSA) is 0 Å². The lowest BCUT2D eigenvalue weighted by Crippen LogP contribution is -1.86. The Morgan fingerprint density at radius 2 is 1.76 bits per heavy atom. The van der Waals surface area contributed by atoms with Gasteiger partial charge in [0.15, 0.2) is 0 Å². The fraction of sp³-hybridized carbons (Fsp3) is 0.0588. The molecule has 0 bridgehead atoms. The van der Waals surface area contributed by atoms with Gasteiger partial charge in [0, 0.05) is 5.56 Å². The van der Waals surface area contributed by atoms with Crippen LogP contribution in [0.2, 0.25) is 0 Å². The normalized spacial score (nSPS) is 10.8. The molecule has 0 amide bonds. The third kappa shape index (κ3) is 1.52. The maximum Gasteiger partial charge on any atom is 0.0297 e. The monoisotopic (exact) mass is 214 g/mol. The minimum atomic E-state index is 0.959. The molecule has 0 saturated heterocycles. The summed E-state index contributed by atoms with van der Waals surface area (Å²) in [6.07, 6.45) is 6.14. The molecule has 2 aromatic carbocycles. The highest BCUT2D eigenvalue weighted by Gasteiger charge is 2.19. The van der Waals surface area contributed by atoms with Crippen molar-refractivity contribution in [3.05, 3.63) is 59.2 Å². The van der Waals surface area contributed by atoms with Gasteiger partial charge in [0.05, 0.1) is 0 Å². The van der Waals surface area contributed by atoms with E-state index < -0.39 is 0 Å². The Kier molecular flexibility index (Phi) is 2.21. The molecule has 0 heteroatoms. The van der Waals surface area contributed by atoms with Gasteiger partial charge in [-0.3, -0.25) is 0 Å². The lowest BCUT2D eigenvalue weighted by atomic mass is 10.0. The van der Waals surface area contributed by atoms with E-state index in [9.17, 15) is 0 Å². The number of terminal acetylenes is 1. The quantitative estimate of drug-likeness (QED) is 0.504. The first-order valence-corrected chi connectivity index (χ1v) is 5.57. The molecule has 0 fully saturated rings. The molecule has 0 N–H and O–H groups in total. The summed E-state index contributed by atoms with van der Waals surface area (Å²) >= 11 is 0.